The van der Waals surface area contributed by atoms with Crippen LogP contribution < -0.4 is 4.72 Å². The summed E-state index contributed by atoms with van der Waals surface area (Å²) >= 11 is 0. The van der Waals surface area contributed by atoms with Gasteiger partial charge >= 0.3 is 0 Å². The summed E-state index contributed by atoms with van der Waals surface area (Å²) in [5, 5.41) is 8.72. The van der Waals surface area contributed by atoms with Gasteiger partial charge in [0.1, 0.15) is 0 Å². The molecule has 0 aliphatic rings. The number of benzene rings is 1. The van der Waals surface area contributed by atoms with Crippen molar-refractivity contribution in [2.24, 2.45) is 0 Å². The van der Waals surface area contributed by atoms with E-state index >= 15 is 0 Å². The molecule has 0 radical (unpaired) electrons. The third-order valence-electron chi connectivity index (χ3n) is 1.68. The molecule has 0 unspecified atom stereocenters. The second kappa shape index (κ2) is 4.54. The van der Waals surface area contributed by atoms with Crippen LogP contribution in [-0.2, 0) is 10.0 Å². The van der Waals surface area contributed by atoms with E-state index in [9.17, 15) is 8.42 Å². The van der Waals surface area contributed by atoms with Gasteiger partial charge in [-0.2, -0.15) is 0 Å². The van der Waals surface area contributed by atoms with Crippen molar-refractivity contribution in [3.8, 4) is 0 Å². The largest absolute Gasteiger partial charge is 0.395 e. The van der Waals surface area contributed by atoms with Crippen molar-refractivity contribution in [3.63, 3.8) is 0 Å². The molecule has 1 aromatic carbocycles. The number of aliphatic hydroxyl groups is 1. The molecule has 0 aromatic heterocycles. The zero-order valence-corrected chi connectivity index (χ0v) is 8.66. The maximum atomic E-state index is 11.6. The predicted molar refractivity (Wildman–Crippen MR) is 53.3 cm³/mol. The molecule has 0 aliphatic carbocycles. The lowest BCUT2D eigenvalue weighted by Crippen LogP contribution is -2.34. The molecule has 0 spiro atoms. The molecule has 78 valence electrons. The molecule has 5 heteroatoms. The lowest BCUT2D eigenvalue weighted by molar-refractivity contribution is 0.265. The van der Waals surface area contributed by atoms with Crippen LogP contribution in [0.25, 0.3) is 0 Å². The number of sulfonamides is 1. The summed E-state index contributed by atoms with van der Waals surface area (Å²) in [5.41, 5.74) is 0. The van der Waals surface area contributed by atoms with E-state index in [-0.39, 0.29) is 11.5 Å². The highest BCUT2D eigenvalue weighted by Gasteiger charge is 2.15. The molecule has 1 aromatic rings. The zero-order chi connectivity index (χ0) is 10.6. The van der Waals surface area contributed by atoms with E-state index < -0.39 is 16.1 Å². The highest BCUT2D eigenvalue weighted by molar-refractivity contribution is 7.89. The van der Waals surface area contributed by atoms with E-state index in [0.29, 0.717) is 0 Å². The lowest BCUT2D eigenvalue weighted by Gasteiger charge is -2.10. The van der Waals surface area contributed by atoms with Crippen molar-refractivity contribution in [1.29, 1.82) is 0 Å². The monoisotopic (exact) mass is 215 g/mol. The third kappa shape index (κ3) is 2.80. The van der Waals surface area contributed by atoms with Crippen molar-refractivity contribution in [2.75, 3.05) is 6.61 Å². The average molecular weight is 215 g/mol. The van der Waals surface area contributed by atoms with Crippen LogP contribution in [0.5, 0.6) is 0 Å². The Balaban J connectivity index is 2.87. The Labute approximate surface area is 83.6 Å². The van der Waals surface area contributed by atoms with Crippen LogP contribution in [0.4, 0.5) is 0 Å². The molecule has 0 amide bonds. The molecule has 0 saturated heterocycles. The first-order chi connectivity index (χ1) is 6.56. The minimum atomic E-state index is -3.48. The van der Waals surface area contributed by atoms with E-state index in [1.54, 1.807) is 25.1 Å². The maximum absolute atomic E-state index is 11.6. The number of hydrogen-bond acceptors (Lipinski definition) is 3. The standard InChI is InChI=1S/C9H13NO3S/c1-8(7-11)10-14(12,13)9-5-3-2-4-6-9/h2-6,8,10-11H,7H2,1H3/t8-/m1/s1. The highest BCUT2D eigenvalue weighted by atomic mass is 32.2. The van der Waals surface area contributed by atoms with Gasteiger partial charge in [-0.25, -0.2) is 13.1 Å². The summed E-state index contributed by atoms with van der Waals surface area (Å²) in [6, 6.07) is 7.59. The summed E-state index contributed by atoms with van der Waals surface area (Å²) in [4.78, 5) is 0.209. The van der Waals surface area contributed by atoms with Crippen LogP contribution in [0.15, 0.2) is 35.2 Å². The van der Waals surface area contributed by atoms with Gasteiger partial charge in [-0.05, 0) is 19.1 Å². The fourth-order valence-corrected chi connectivity index (χ4v) is 2.23. The zero-order valence-electron chi connectivity index (χ0n) is 7.84. The van der Waals surface area contributed by atoms with Crippen molar-refractivity contribution in [1.82, 2.24) is 4.72 Å². The van der Waals surface area contributed by atoms with Crippen LogP contribution in [-0.4, -0.2) is 26.2 Å². The van der Waals surface area contributed by atoms with Gasteiger partial charge in [0.05, 0.1) is 11.5 Å². The van der Waals surface area contributed by atoms with Gasteiger partial charge in [0, 0.05) is 6.04 Å². The first-order valence-electron chi connectivity index (χ1n) is 4.24. The average Bonchev–Trinajstić information content (AvgIpc) is 2.18. The second-order valence-corrected chi connectivity index (χ2v) is 4.73. The lowest BCUT2D eigenvalue weighted by atomic mass is 10.4. The minimum absolute atomic E-state index is 0.209. The quantitative estimate of drug-likeness (QED) is 0.761. The molecule has 1 atom stereocenters. The molecular weight excluding hydrogens is 202 g/mol. The minimum Gasteiger partial charge on any atom is -0.395 e. The third-order valence-corrected chi connectivity index (χ3v) is 3.29. The van der Waals surface area contributed by atoms with Gasteiger partial charge in [0.15, 0.2) is 0 Å². The summed E-state index contributed by atoms with van der Waals surface area (Å²) in [5.74, 6) is 0. The molecule has 4 nitrogen and oxygen atoms in total. The van der Waals surface area contributed by atoms with Gasteiger partial charge in [0.2, 0.25) is 10.0 Å². The van der Waals surface area contributed by atoms with E-state index in [4.69, 9.17) is 5.11 Å². The number of hydrogen-bond donors (Lipinski definition) is 2. The van der Waals surface area contributed by atoms with Crippen LogP contribution in [0, 0.1) is 0 Å². The first-order valence-corrected chi connectivity index (χ1v) is 5.73. The summed E-state index contributed by atoms with van der Waals surface area (Å²) in [6.07, 6.45) is 0. The molecule has 0 saturated carbocycles. The molecule has 2 N–H and O–H groups in total. The smallest absolute Gasteiger partial charge is 0.240 e. The highest BCUT2D eigenvalue weighted by Crippen LogP contribution is 2.07. The number of nitrogens with one attached hydrogen (secondary N) is 1. The van der Waals surface area contributed by atoms with Crippen molar-refractivity contribution < 1.29 is 13.5 Å². The van der Waals surface area contributed by atoms with Crippen molar-refractivity contribution in [3.05, 3.63) is 30.3 Å². The van der Waals surface area contributed by atoms with E-state index in [1.807, 2.05) is 0 Å². The Morgan fingerprint density at radius 2 is 1.93 bits per heavy atom. The Morgan fingerprint density at radius 1 is 1.36 bits per heavy atom. The van der Waals surface area contributed by atoms with Gasteiger partial charge in [0.25, 0.3) is 0 Å². The van der Waals surface area contributed by atoms with Gasteiger partial charge in [-0.15, -0.1) is 0 Å². The topological polar surface area (TPSA) is 66.4 Å². The number of rotatable bonds is 4. The van der Waals surface area contributed by atoms with E-state index in [1.165, 1.54) is 12.1 Å². The summed E-state index contributed by atoms with van der Waals surface area (Å²) < 4.78 is 25.5. The van der Waals surface area contributed by atoms with Crippen molar-refractivity contribution >= 4 is 10.0 Å². The predicted octanol–water partition coefficient (Wildman–Crippen LogP) is 0.346. The van der Waals surface area contributed by atoms with Crippen LogP contribution in [0.3, 0.4) is 0 Å². The fourth-order valence-electron chi connectivity index (χ4n) is 0.970. The molecule has 0 aliphatic heterocycles. The first kappa shape index (κ1) is 11.2. The Hall–Kier alpha value is -0.910. The summed E-state index contributed by atoms with van der Waals surface area (Å²) in [6.45, 7) is 1.38. The Kier molecular flexibility index (Phi) is 3.62. The van der Waals surface area contributed by atoms with Crippen molar-refractivity contribution in [2.45, 2.75) is 17.9 Å². The van der Waals surface area contributed by atoms with Gasteiger partial charge in [-0.1, -0.05) is 18.2 Å². The van der Waals surface area contributed by atoms with Crippen LogP contribution in [0.1, 0.15) is 6.92 Å². The van der Waals surface area contributed by atoms with E-state index in [0.717, 1.165) is 0 Å². The van der Waals surface area contributed by atoms with Crippen LogP contribution >= 0.6 is 0 Å². The molecule has 14 heavy (non-hydrogen) atoms. The Bertz CT molecular complexity index is 374. The fraction of sp³-hybridized carbons (Fsp3) is 0.333. The molecule has 0 fully saturated rings. The molecule has 0 bridgehead atoms. The molecule has 1 rings (SSSR count). The van der Waals surface area contributed by atoms with E-state index in [2.05, 4.69) is 4.72 Å². The maximum Gasteiger partial charge on any atom is 0.240 e. The van der Waals surface area contributed by atoms with Gasteiger partial charge < -0.3 is 5.11 Å². The number of aliphatic hydroxyl groups excluding tert-OH is 1. The normalized spacial score (nSPS) is 13.9. The summed E-state index contributed by atoms with van der Waals surface area (Å²) in [7, 11) is -3.48. The Morgan fingerprint density at radius 3 is 2.43 bits per heavy atom. The van der Waals surface area contributed by atoms with Crippen LogP contribution in [0.2, 0.25) is 0 Å². The second-order valence-electron chi connectivity index (χ2n) is 3.02. The molecular formula is C9H13NO3S. The van der Waals surface area contributed by atoms with Gasteiger partial charge in [-0.3, -0.25) is 0 Å². The SMILES string of the molecule is C[C@H](CO)NS(=O)(=O)c1ccccc1. The molecule has 0 heterocycles.